The Hall–Kier alpha value is -3.55. The van der Waals surface area contributed by atoms with Crippen LogP contribution in [0.25, 0.3) is 0 Å². The predicted octanol–water partition coefficient (Wildman–Crippen LogP) is 4.26. The fourth-order valence-electron chi connectivity index (χ4n) is 3.71. The Balaban J connectivity index is 1.66. The second-order valence-electron chi connectivity index (χ2n) is 7.40. The first-order chi connectivity index (χ1) is 15.2. The van der Waals surface area contributed by atoms with E-state index in [0.29, 0.717) is 28.7 Å². The van der Waals surface area contributed by atoms with Crippen molar-refractivity contribution in [1.82, 2.24) is 14.8 Å². The number of anilines is 2. The summed E-state index contributed by atoms with van der Waals surface area (Å²) in [5.41, 5.74) is 1.32. The van der Waals surface area contributed by atoms with Gasteiger partial charge in [0.15, 0.2) is 5.82 Å². The van der Waals surface area contributed by atoms with Crippen molar-refractivity contribution in [2.24, 2.45) is 0 Å². The van der Waals surface area contributed by atoms with E-state index < -0.39 is 0 Å². The smallest absolute Gasteiger partial charge is 0.326 e. The van der Waals surface area contributed by atoms with E-state index in [0.717, 1.165) is 31.6 Å². The molecule has 31 heavy (non-hydrogen) atoms. The summed E-state index contributed by atoms with van der Waals surface area (Å²) in [5.74, 6) is 2.77. The van der Waals surface area contributed by atoms with Crippen molar-refractivity contribution in [3.63, 3.8) is 0 Å². The molecule has 4 rings (SSSR count). The summed E-state index contributed by atoms with van der Waals surface area (Å²) < 4.78 is 12.8. The third-order valence-electron chi connectivity index (χ3n) is 5.31. The van der Waals surface area contributed by atoms with Gasteiger partial charge in [0.2, 0.25) is 0 Å². The van der Waals surface area contributed by atoms with Gasteiger partial charge in [-0.25, -0.2) is 14.5 Å². The highest BCUT2D eigenvalue weighted by atomic mass is 16.5. The maximum absolute atomic E-state index is 13.3. The van der Waals surface area contributed by atoms with Gasteiger partial charge in [0.1, 0.15) is 17.3 Å². The van der Waals surface area contributed by atoms with Gasteiger partial charge in [-0.3, -0.25) is 4.90 Å². The third-order valence-corrected chi connectivity index (χ3v) is 5.31. The molecule has 162 valence electrons. The molecule has 1 aliphatic heterocycles. The van der Waals surface area contributed by atoms with E-state index in [1.807, 2.05) is 41.1 Å². The molecule has 2 heterocycles. The van der Waals surface area contributed by atoms with Gasteiger partial charge in [-0.15, -0.1) is 0 Å². The number of aromatic nitrogens is 3. The lowest BCUT2D eigenvalue weighted by Gasteiger charge is -2.24. The Morgan fingerprint density at radius 2 is 1.94 bits per heavy atom. The van der Waals surface area contributed by atoms with Crippen molar-refractivity contribution in [2.75, 3.05) is 24.4 Å². The summed E-state index contributed by atoms with van der Waals surface area (Å²) in [5, 5.41) is 7.62. The van der Waals surface area contributed by atoms with Crippen LogP contribution in [0.3, 0.4) is 0 Å². The molecule has 2 aromatic carbocycles. The van der Waals surface area contributed by atoms with Crippen LogP contribution in [-0.2, 0) is 19.5 Å². The topological polar surface area (TPSA) is 81.5 Å². The number of ether oxygens (including phenoxy) is 2. The van der Waals surface area contributed by atoms with Crippen LogP contribution in [0.5, 0.6) is 11.5 Å². The van der Waals surface area contributed by atoms with Crippen LogP contribution in [0.15, 0.2) is 48.5 Å². The summed E-state index contributed by atoms with van der Waals surface area (Å²) in [6, 6.07) is 14.4. The van der Waals surface area contributed by atoms with Gasteiger partial charge < -0.3 is 14.8 Å². The monoisotopic (exact) mass is 421 g/mol. The van der Waals surface area contributed by atoms with Crippen LogP contribution in [-0.4, -0.2) is 35.0 Å². The van der Waals surface area contributed by atoms with Crippen molar-refractivity contribution in [3.05, 3.63) is 60.2 Å². The lowest BCUT2D eigenvalue weighted by atomic mass is 10.2. The number of nitrogens with one attached hydrogen (secondary N) is 1. The molecule has 0 unspecified atom stereocenters. The SMILES string of the molecule is COc1ccc(N(Cc2nc3n(n2)CCCCC3)C(=O)Nc2ccccc2)c(OC)c1. The van der Waals surface area contributed by atoms with E-state index in [-0.39, 0.29) is 12.6 Å². The Morgan fingerprint density at radius 1 is 1.10 bits per heavy atom. The van der Waals surface area contributed by atoms with E-state index >= 15 is 0 Å². The molecular formula is C23H27N5O3. The zero-order valence-electron chi connectivity index (χ0n) is 17.9. The maximum Gasteiger partial charge on any atom is 0.326 e. The quantitative estimate of drug-likeness (QED) is 0.643. The molecule has 1 N–H and O–H groups in total. The standard InChI is InChI=1S/C23H27N5O3/c1-30-18-12-13-19(20(15-18)31-2)27(23(29)24-17-9-5-3-6-10-17)16-21-25-22-11-7-4-8-14-28(22)26-21/h3,5-6,9-10,12-13,15H,4,7-8,11,14,16H2,1-2H3,(H,24,29). The number of nitrogens with zero attached hydrogens (tertiary/aromatic N) is 4. The van der Waals surface area contributed by atoms with Crippen molar-refractivity contribution >= 4 is 17.4 Å². The van der Waals surface area contributed by atoms with Crippen LogP contribution in [0.1, 0.15) is 30.9 Å². The van der Waals surface area contributed by atoms with Gasteiger partial charge in [0.25, 0.3) is 0 Å². The molecule has 0 atom stereocenters. The van der Waals surface area contributed by atoms with Gasteiger partial charge >= 0.3 is 6.03 Å². The van der Waals surface area contributed by atoms with Crippen LogP contribution in [0.2, 0.25) is 0 Å². The molecule has 1 aliphatic rings. The first kappa shape index (κ1) is 20.7. The zero-order chi connectivity index (χ0) is 21.6. The lowest BCUT2D eigenvalue weighted by Crippen LogP contribution is -2.35. The summed E-state index contributed by atoms with van der Waals surface area (Å²) >= 11 is 0. The average molecular weight is 422 g/mol. The number of benzene rings is 2. The predicted molar refractivity (Wildman–Crippen MR) is 119 cm³/mol. The molecule has 0 bridgehead atoms. The first-order valence-electron chi connectivity index (χ1n) is 10.5. The molecule has 8 nitrogen and oxygen atoms in total. The second-order valence-corrected chi connectivity index (χ2v) is 7.40. The summed E-state index contributed by atoms with van der Waals surface area (Å²) in [4.78, 5) is 19.6. The number of urea groups is 1. The Bertz CT molecular complexity index is 1010. The highest BCUT2D eigenvalue weighted by Gasteiger charge is 2.24. The average Bonchev–Trinajstić information content (AvgIpc) is 3.05. The summed E-state index contributed by atoms with van der Waals surface area (Å²) in [6.07, 6.45) is 4.31. The number of hydrogen-bond acceptors (Lipinski definition) is 5. The van der Waals surface area contributed by atoms with Crippen molar-refractivity contribution in [1.29, 1.82) is 0 Å². The molecule has 2 amide bonds. The summed E-state index contributed by atoms with van der Waals surface area (Å²) in [6.45, 7) is 1.09. The molecule has 3 aromatic rings. The second kappa shape index (κ2) is 9.51. The van der Waals surface area contributed by atoms with E-state index in [4.69, 9.17) is 14.5 Å². The van der Waals surface area contributed by atoms with E-state index in [1.165, 1.54) is 6.42 Å². The van der Waals surface area contributed by atoms with E-state index in [1.54, 1.807) is 31.3 Å². The van der Waals surface area contributed by atoms with Crippen LogP contribution < -0.4 is 19.7 Å². The molecule has 0 saturated heterocycles. The van der Waals surface area contributed by atoms with E-state index in [9.17, 15) is 4.79 Å². The first-order valence-corrected chi connectivity index (χ1v) is 10.5. The summed E-state index contributed by atoms with van der Waals surface area (Å²) in [7, 11) is 3.17. The van der Waals surface area contributed by atoms with Crippen molar-refractivity contribution in [3.8, 4) is 11.5 Å². The van der Waals surface area contributed by atoms with E-state index in [2.05, 4.69) is 10.4 Å². The number of para-hydroxylation sites is 1. The normalized spacial score (nSPS) is 13.1. The fourth-order valence-corrected chi connectivity index (χ4v) is 3.71. The van der Waals surface area contributed by atoms with Gasteiger partial charge in [0.05, 0.1) is 26.5 Å². The van der Waals surface area contributed by atoms with Crippen molar-refractivity contribution in [2.45, 2.75) is 38.8 Å². The number of hydrogen-bond donors (Lipinski definition) is 1. The number of amides is 2. The van der Waals surface area contributed by atoms with Gasteiger partial charge in [0, 0.05) is 24.7 Å². The number of fused-ring (bicyclic) bond motifs is 1. The Kier molecular flexibility index (Phi) is 6.35. The highest BCUT2D eigenvalue weighted by molar-refractivity contribution is 6.02. The maximum atomic E-state index is 13.3. The molecule has 0 aliphatic carbocycles. The molecular weight excluding hydrogens is 394 g/mol. The molecule has 8 heteroatoms. The lowest BCUT2D eigenvalue weighted by molar-refractivity contribution is 0.256. The number of carbonyl (C=O) groups is 1. The largest absolute Gasteiger partial charge is 0.497 e. The molecule has 0 fully saturated rings. The van der Waals surface area contributed by atoms with Crippen LogP contribution >= 0.6 is 0 Å². The minimum absolute atomic E-state index is 0.224. The molecule has 0 radical (unpaired) electrons. The molecule has 0 spiro atoms. The zero-order valence-corrected chi connectivity index (χ0v) is 17.9. The number of carbonyl (C=O) groups excluding carboxylic acids is 1. The van der Waals surface area contributed by atoms with Gasteiger partial charge in [-0.1, -0.05) is 24.6 Å². The van der Waals surface area contributed by atoms with Crippen molar-refractivity contribution < 1.29 is 14.3 Å². The van der Waals surface area contributed by atoms with Gasteiger partial charge in [-0.2, -0.15) is 5.10 Å². The molecule has 0 saturated carbocycles. The van der Waals surface area contributed by atoms with Crippen LogP contribution in [0, 0.1) is 0 Å². The Labute approximate surface area is 181 Å². The number of rotatable bonds is 6. The Morgan fingerprint density at radius 3 is 2.71 bits per heavy atom. The minimum Gasteiger partial charge on any atom is -0.497 e. The van der Waals surface area contributed by atoms with Gasteiger partial charge in [-0.05, 0) is 37.1 Å². The molecule has 1 aromatic heterocycles. The van der Waals surface area contributed by atoms with Crippen LogP contribution in [0.4, 0.5) is 16.2 Å². The number of aryl methyl sites for hydroxylation is 2. The minimum atomic E-state index is -0.292. The fraction of sp³-hybridized carbons (Fsp3) is 0.348. The third kappa shape index (κ3) is 4.79. The highest BCUT2D eigenvalue weighted by Crippen LogP contribution is 2.33. The number of methoxy groups -OCH3 is 2.